The Bertz CT molecular complexity index is 1220. The Hall–Kier alpha value is -3.43. The molecule has 6 heteroatoms. The van der Waals surface area contributed by atoms with Crippen LogP contribution in [0.1, 0.15) is 49.4 Å². The standard InChI is InChI=1S/C26H26N4O2/c1-16(2)31-24-10-7-18(13-19(24)14-27)26-28-25(29-32-26)22-6-4-5-21-20(22)8-9-23(21)30-12-11-17(3)15-30/h4-7,10,13,16,23H,3,8-9,11-12,15H2,1-2H3. The minimum atomic E-state index is -0.00872. The first-order chi connectivity index (χ1) is 15.5. The lowest BCUT2D eigenvalue weighted by atomic mass is 10.0. The van der Waals surface area contributed by atoms with Crippen LogP contribution in [-0.4, -0.2) is 34.2 Å². The molecule has 0 amide bonds. The molecule has 1 aromatic heterocycles. The average Bonchev–Trinajstić information content (AvgIpc) is 3.52. The topological polar surface area (TPSA) is 75.2 Å². The molecule has 0 saturated carbocycles. The number of fused-ring (bicyclic) bond motifs is 1. The maximum Gasteiger partial charge on any atom is 0.258 e. The molecule has 2 heterocycles. The van der Waals surface area contributed by atoms with Gasteiger partial charge in [-0.05, 0) is 62.4 Å². The van der Waals surface area contributed by atoms with Crippen LogP contribution in [0.3, 0.4) is 0 Å². The highest BCUT2D eigenvalue weighted by Gasteiger charge is 2.32. The quantitative estimate of drug-likeness (QED) is 0.515. The van der Waals surface area contributed by atoms with Gasteiger partial charge in [0.05, 0.1) is 11.7 Å². The Morgan fingerprint density at radius 3 is 2.88 bits per heavy atom. The summed E-state index contributed by atoms with van der Waals surface area (Å²) in [5.41, 5.74) is 6.17. The normalized spacial score (nSPS) is 18.2. The van der Waals surface area contributed by atoms with Crippen LogP contribution in [0.15, 0.2) is 53.1 Å². The maximum absolute atomic E-state index is 9.52. The SMILES string of the molecule is C=C1CCN(C2CCc3c(-c4noc(-c5ccc(OC(C)C)c(C#N)c5)n4)cccc32)C1. The summed E-state index contributed by atoms with van der Waals surface area (Å²) in [6, 6.07) is 14.4. The largest absolute Gasteiger partial charge is 0.490 e. The zero-order chi connectivity index (χ0) is 22.2. The Balaban J connectivity index is 1.45. The zero-order valence-electron chi connectivity index (χ0n) is 18.5. The third-order valence-electron chi connectivity index (χ3n) is 6.24. The lowest BCUT2D eigenvalue weighted by molar-refractivity contribution is 0.241. The predicted molar refractivity (Wildman–Crippen MR) is 122 cm³/mol. The lowest BCUT2D eigenvalue weighted by Crippen LogP contribution is -2.23. The predicted octanol–water partition coefficient (Wildman–Crippen LogP) is 5.31. The number of rotatable bonds is 5. The van der Waals surface area contributed by atoms with Gasteiger partial charge in [-0.15, -0.1) is 0 Å². The van der Waals surface area contributed by atoms with E-state index in [1.165, 1.54) is 16.7 Å². The zero-order valence-corrected chi connectivity index (χ0v) is 18.5. The first-order valence-corrected chi connectivity index (χ1v) is 11.1. The molecule has 0 radical (unpaired) electrons. The van der Waals surface area contributed by atoms with Gasteiger partial charge in [-0.25, -0.2) is 0 Å². The van der Waals surface area contributed by atoms with Gasteiger partial charge in [0.1, 0.15) is 11.8 Å². The summed E-state index contributed by atoms with van der Waals surface area (Å²) < 4.78 is 11.3. The van der Waals surface area contributed by atoms with Gasteiger partial charge < -0.3 is 9.26 Å². The molecular weight excluding hydrogens is 400 g/mol. The number of nitriles is 1. The number of hydrogen-bond acceptors (Lipinski definition) is 6. The molecule has 5 rings (SSSR count). The molecule has 1 aliphatic heterocycles. The fourth-order valence-corrected chi connectivity index (χ4v) is 4.79. The average molecular weight is 427 g/mol. The smallest absolute Gasteiger partial charge is 0.258 e. The van der Waals surface area contributed by atoms with E-state index >= 15 is 0 Å². The van der Waals surface area contributed by atoms with Crippen molar-refractivity contribution in [3.05, 3.63) is 65.2 Å². The first kappa shape index (κ1) is 20.5. The van der Waals surface area contributed by atoms with E-state index in [1.54, 1.807) is 12.1 Å². The van der Waals surface area contributed by atoms with E-state index < -0.39 is 0 Å². The van der Waals surface area contributed by atoms with E-state index in [0.29, 0.717) is 34.6 Å². The van der Waals surface area contributed by atoms with Gasteiger partial charge >= 0.3 is 0 Å². The van der Waals surface area contributed by atoms with Crippen molar-refractivity contribution in [1.82, 2.24) is 15.0 Å². The first-order valence-electron chi connectivity index (χ1n) is 11.1. The number of aromatic nitrogens is 2. The molecule has 1 fully saturated rings. The highest BCUT2D eigenvalue weighted by molar-refractivity contribution is 5.67. The molecule has 0 bridgehead atoms. The molecule has 162 valence electrons. The van der Waals surface area contributed by atoms with Crippen molar-refractivity contribution in [1.29, 1.82) is 5.26 Å². The molecule has 3 aromatic rings. The summed E-state index contributed by atoms with van der Waals surface area (Å²) in [6.45, 7) is 10.1. The number of nitrogens with zero attached hydrogens (tertiary/aromatic N) is 4. The van der Waals surface area contributed by atoms with Gasteiger partial charge in [-0.3, -0.25) is 4.90 Å². The second-order valence-corrected chi connectivity index (χ2v) is 8.81. The fourth-order valence-electron chi connectivity index (χ4n) is 4.79. The Labute approximate surface area is 188 Å². The third kappa shape index (κ3) is 3.69. The Morgan fingerprint density at radius 2 is 2.12 bits per heavy atom. The van der Waals surface area contributed by atoms with Crippen LogP contribution in [0.4, 0.5) is 0 Å². The third-order valence-corrected chi connectivity index (χ3v) is 6.24. The van der Waals surface area contributed by atoms with Gasteiger partial charge in [0.25, 0.3) is 5.89 Å². The lowest BCUT2D eigenvalue weighted by Gasteiger charge is -2.24. The van der Waals surface area contributed by atoms with Crippen molar-refractivity contribution >= 4 is 0 Å². The van der Waals surface area contributed by atoms with Crippen molar-refractivity contribution in [2.24, 2.45) is 0 Å². The van der Waals surface area contributed by atoms with Crippen LogP contribution in [-0.2, 0) is 6.42 Å². The molecule has 1 saturated heterocycles. The van der Waals surface area contributed by atoms with Gasteiger partial charge in [0, 0.05) is 30.3 Å². The second kappa shape index (κ2) is 8.25. The molecule has 1 unspecified atom stereocenters. The van der Waals surface area contributed by atoms with Gasteiger partial charge in [0.15, 0.2) is 0 Å². The van der Waals surface area contributed by atoms with Crippen LogP contribution in [0.25, 0.3) is 22.8 Å². The number of ether oxygens (including phenoxy) is 1. The van der Waals surface area contributed by atoms with Crippen molar-refractivity contribution < 1.29 is 9.26 Å². The summed E-state index contributed by atoms with van der Waals surface area (Å²) >= 11 is 0. The highest BCUT2D eigenvalue weighted by Crippen LogP contribution is 2.42. The van der Waals surface area contributed by atoms with Crippen molar-refractivity contribution in [3.8, 4) is 34.7 Å². The molecule has 1 atom stereocenters. The van der Waals surface area contributed by atoms with Crippen LogP contribution >= 0.6 is 0 Å². The van der Waals surface area contributed by atoms with Crippen LogP contribution in [0.2, 0.25) is 0 Å². The monoisotopic (exact) mass is 426 g/mol. The molecule has 0 N–H and O–H groups in total. The molecule has 0 spiro atoms. The van der Waals surface area contributed by atoms with Crippen molar-refractivity contribution in [3.63, 3.8) is 0 Å². The van der Waals surface area contributed by atoms with Crippen molar-refractivity contribution in [2.45, 2.75) is 45.3 Å². The van der Waals surface area contributed by atoms with E-state index in [-0.39, 0.29) is 6.10 Å². The maximum atomic E-state index is 9.52. The molecule has 6 nitrogen and oxygen atoms in total. The molecule has 32 heavy (non-hydrogen) atoms. The van der Waals surface area contributed by atoms with E-state index in [0.717, 1.165) is 37.9 Å². The van der Waals surface area contributed by atoms with E-state index in [2.05, 4.69) is 45.9 Å². The summed E-state index contributed by atoms with van der Waals surface area (Å²) in [7, 11) is 0. The summed E-state index contributed by atoms with van der Waals surface area (Å²) in [4.78, 5) is 7.20. The Kier molecular flexibility index (Phi) is 5.28. The summed E-state index contributed by atoms with van der Waals surface area (Å²) in [5.74, 6) is 1.54. The number of likely N-dealkylation sites (tertiary alicyclic amines) is 1. The van der Waals surface area contributed by atoms with E-state index in [9.17, 15) is 5.26 Å². The molecule has 2 aliphatic rings. The summed E-state index contributed by atoms with van der Waals surface area (Å²) in [5, 5.41) is 13.8. The van der Waals surface area contributed by atoms with Crippen LogP contribution < -0.4 is 4.74 Å². The Morgan fingerprint density at radius 1 is 1.25 bits per heavy atom. The highest BCUT2D eigenvalue weighted by atomic mass is 16.5. The van der Waals surface area contributed by atoms with Crippen LogP contribution in [0.5, 0.6) is 5.75 Å². The molecule has 1 aliphatic carbocycles. The fraction of sp³-hybridized carbons (Fsp3) is 0.346. The molecular formula is C26H26N4O2. The van der Waals surface area contributed by atoms with E-state index in [4.69, 9.17) is 9.26 Å². The van der Waals surface area contributed by atoms with Gasteiger partial charge in [-0.1, -0.05) is 35.5 Å². The molecule has 2 aromatic carbocycles. The minimum absolute atomic E-state index is 0.00872. The van der Waals surface area contributed by atoms with Gasteiger partial charge in [0.2, 0.25) is 5.82 Å². The van der Waals surface area contributed by atoms with E-state index in [1.807, 2.05) is 19.9 Å². The second-order valence-electron chi connectivity index (χ2n) is 8.81. The van der Waals surface area contributed by atoms with Gasteiger partial charge in [-0.2, -0.15) is 10.2 Å². The van der Waals surface area contributed by atoms with Crippen molar-refractivity contribution in [2.75, 3.05) is 13.1 Å². The minimum Gasteiger partial charge on any atom is -0.490 e. The van der Waals surface area contributed by atoms with Crippen LogP contribution in [0, 0.1) is 11.3 Å². The summed E-state index contributed by atoms with van der Waals surface area (Å²) in [6.07, 6.45) is 3.19. The number of benzene rings is 2. The number of hydrogen-bond donors (Lipinski definition) is 0.